The van der Waals surface area contributed by atoms with Gasteiger partial charge in [-0.1, -0.05) is 26.0 Å². The Morgan fingerprint density at radius 1 is 0.958 bits per heavy atom. The molecule has 1 aliphatic rings. The average molecular weight is 334 g/mol. The topological polar surface area (TPSA) is 59.1 Å². The molecule has 1 fully saturated rings. The number of ether oxygens (including phenoxy) is 2. The summed E-state index contributed by atoms with van der Waals surface area (Å²) >= 11 is 0. The van der Waals surface area contributed by atoms with E-state index in [0.29, 0.717) is 37.8 Å². The van der Waals surface area contributed by atoms with E-state index in [0.717, 1.165) is 0 Å². The van der Waals surface area contributed by atoms with E-state index in [9.17, 15) is 9.59 Å². The van der Waals surface area contributed by atoms with Gasteiger partial charge in [0.2, 0.25) is 0 Å². The molecule has 0 aromatic heterocycles. The Labute approximate surface area is 143 Å². The minimum Gasteiger partial charge on any atom is -0.481 e. The number of carbonyl (C=O) groups is 2. The highest BCUT2D eigenvalue weighted by molar-refractivity contribution is 5.81. The van der Waals surface area contributed by atoms with Crippen LogP contribution in [0, 0.1) is 0 Å². The van der Waals surface area contributed by atoms with Crippen molar-refractivity contribution in [2.24, 2.45) is 0 Å². The van der Waals surface area contributed by atoms with Crippen LogP contribution in [-0.2, 0) is 9.53 Å². The number of piperazine rings is 1. The second-order valence-corrected chi connectivity index (χ2v) is 6.27. The van der Waals surface area contributed by atoms with Gasteiger partial charge < -0.3 is 19.3 Å². The number of carbonyl (C=O) groups excluding carboxylic acids is 2. The van der Waals surface area contributed by atoms with Crippen molar-refractivity contribution in [3.63, 3.8) is 0 Å². The number of benzene rings is 1. The van der Waals surface area contributed by atoms with Crippen LogP contribution in [-0.4, -0.2) is 61.2 Å². The van der Waals surface area contributed by atoms with Crippen molar-refractivity contribution in [2.75, 3.05) is 33.3 Å². The minimum absolute atomic E-state index is 0.0625. The lowest BCUT2D eigenvalue weighted by Gasteiger charge is -2.35. The van der Waals surface area contributed by atoms with Gasteiger partial charge in [0.1, 0.15) is 5.75 Å². The normalized spacial score (nSPS) is 16.0. The van der Waals surface area contributed by atoms with Gasteiger partial charge >= 0.3 is 6.09 Å². The largest absolute Gasteiger partial charge is 0.481 e. The van der Waals surface area contributed by atoms with Crippen LogP contribution in [0.2, 0.25) is 0 Å². The van der Waals surface area contributed by atoms with Crippen LogP contribution in [0.4, 0.5) is 4.79 Å². The molecule has 6 nitrogen and oxygen atoms in total. The molecule has 1 aromatic carbocycles. The first-order valence-electron chi connectivity index (χ1n) is 8.30. The Hall–Kier alpha value is -2.24. The SMILES string of the molecule is COC(=O)N1CCN(C(=O)C(C)Oc2ccc(C(C)C)cc2)CC1. The Balaban J connectivity index is 1.87. The third-order valence-corrected chi connectivity index (χ3v) is 4.23. The molecule has 1 atom stereocenters. The van der Waals surface area contributed by atoms with E-state index in [2.05, 4.69) is 13.8 Å². The molecule has 1 aliphatic heterocycles. The molecule has 1 heterocycles. The van der Waals surface area contributed by atoms with E-state index in [1.807, 2.05) is 24.3 Å². The Morgan fingerprint density at radius 3 is 2.00 bits per heavy atom. The molecule has 0 aliphatic carbocycles. The van der Waals surface area contributed by atoms with Gasteiger partial charge in [0.25, 0.3) is 5.91 Å². The van der Waals surface area contributed by atoms with E-state index < -0.39 is 6.10 Å². The summed E-state index contributed by atoms with van der Waals surface area (Å²) < 4.78 is 10.5. The molecule has 2 rings (SSSR count). The van der Waals surface area contributed by atoms with Crippen molar-refractivity contribution in [1.29, 1.82) is 0 Å². The fourth-order valence-electron chi connectivity index (χ4n) is 2.68. The molecule has 0 N–H and O–H groups in total. The second-order valence-electron chi connectivity index (χ2n) is 6.27. The second kappa shape index (κ2) is 8.04. The fraction of sp³-hybridized carbons (Fsp3) is 0.556. The van der Waals surface area contributed by atoms with E-state index >= 15 is 0 Å². The molecule has 0 spiro atoms. The molecular weight excluding hydrogens is 308 g/mol. The summed E-state index contributed by atoms with van der Waals surface area (Å²) in [7, 11) is 1.36. The Morgan fingerprint density at radius 2 is 1.50 bits per heavy atom. The van der Waals surface area contributed by atoms with Crippen molar-refractivity contribution in [3.8, 4) is 5.75 Å². The lowest BCUT2D eigenvalue weighted by molar-refractivity contribution is -0.139. The molecule has 132 valence electrons. The summed E-state index contributed by atoms with van der Waals surface area (Å²) in [5.74, 6) is 1.09. The van der Waals surface area contributed by atoms with Crippen LogP contribution in [0.25, 0.3) is 0 Å². The zero-order valence-corrected chi connectivity index (χ0v) is 14.8. The van der Waals surface area contributed by atoms with Gasteiger partial charge in [-0.3, -0.25) is 4.79 Å². The summed E-state index contributed by atoms with van der Waals surface area (Å²) in [4.78, 5) is 27.3. The third-order valence-electron chi connectivity index (χ3n) is 4.23. The average Bonchev–Trinajstić information content (AvgIpc) is 2.61. The Bertz CT molecular complexity index is 563. The highest BCUT2D eigenvalue weighted by Gasteiger charge is 2.28. The summed E-state index contributed by atoms with van der Waals surface area (Å²) in [5, 5.41) is 0. The highest BCUT2D eigenvalue weighted by Crippen LogP contribution is 2.20. The maximum atomic E-state index is 12.5. The molecule has 1 saturated heterocycles. The minimum atomic E-state index is -0.556. The third kappa shape index (κ3) is 4.40. The van der Waals surface area contributed by atoms with Gasteiger partial charge in [-0.15, -0.1) is 0 Å². The van der Waals surface area contributed by atoms with Crippen LogP contribution in [0.1, 0.15) is 32.3 Å². The summed E-state index contributed by atoms with van der Waals surface area (Å²) in [6, 6.07) is 7.83. The van der Waals surface area contributed by atoms with Crippen LogP contribution in [0.5, 0.6) is 5.75 Å². The standard InChI is InChI=1S/C18H26N2O4/c1-13(2)15-5-7-16(8-6-15)24-14(3)17(21)19-9-11-20(12-10-19)18(22)23-4/h5-8,13-14H,9-12H2,1-4H3. The highest BCUT2D eigenvalue weighted by atomic mass is 16.5. The maximum absolute atomic E-state index is 12.5. The number of amides is 2. The first kappa shape index (κ1) is 18.1. The van der Waals surface area contributed by atoms with E-state index in [-0.39, 0.29) is 12.0 Å². The zero-order chi connectivity index (χ0) is 17.7. The molecular formula is C18H26N2O4. The lowest BCUT2D eigenvalue weighted by atomic mass is 10.0. The molecule has 0 bridgehead atoms. The zero-order valence-electron chi connectivity index (χ0n) is 14.8. The molecule has 1 unspecified atom stereocenters. The van der Waals surface area contributed by atoms with Crippen molar-refractivity contribution in [2.45, 2.75) is 32.8 Å². The number of hydrogen-bond donors (Lipinski definition) is 0. The predicted molar refractivity (Wildman–Crippen MR) is 91.2 cm³/mol. The van der Waals surface area contributed by atoms with Gasteiger partial charge in [-0.05, 0) is 30.5 Å². The number of hydrogen-bond acceptors (Lipinski definition) is 4. The van der Waals surface area contributed by atoms with Crippen molar-refractivity contribution < 1.29 is 19.1 Å². The number of methoxy groups -OCH3 is 1. The van der Waals surface area contributed by atoms with Crippen LogP contribution in [0.3, 0.4) is 0 Å². The lowest BCUT2D eigenvalue weighted by Crippen LogP contribution is -2.53. The smallest absolute Gasteiger partial charge is 0.409 e. The molecule has 0 radical (unpaired) electrons. The van der Waals surface area contributed by atoms with Crippen LogP contribution >= 0.6 is 0 Å². The van der Waals surface area contributed by atoms with Crippen LogP contribution in [0.15, 0.2) is 24.3 Å². The van der Waals surface area contributed by atoms with Crippen LogP contribution < -0.4 is 4.74 Å². The van der Waals surface area contributed by atoms with E-state index in [1.165, 1.54) is 12.7 Å². The van der Waals surface area contributed by atoms with Crippen molar-refractivity contribution in [3.05, 3.63) is 29.8 Å². The molecule has 1 aromatic rings. The first-order valence-corrected chi connectivity index (χ1v) is 8.30. The maximum Gasteiger partial charge on any atom is 0.409 e. The fourth-order valence-corrected chi connectivity index (χ4v) is 2.68. The van der Waals surface area contributed by atoms with Crippen molar-refractivity contribution >= 4 is 12.0 Å². The molecule has 6 heteroatoms. The molecule has 24 heavy (non-hydrogen) atoms. The van der Waals surface area contributed by atoms with E-state index in [4.69, 9.17) is 9.47 Å². The quantitative estimate of drug-likeness (QED) is 0.849. The summed E-state index contributed by atoms with van der Waals surface area (Å²) in [6.45, 7) is 7.97. The molecule has 2 amide bonds. The van der Waals surface area contributed by atoms with Gasteiger partial charge in [-0.25, -0.2) is 4.79 Å². The summed E-state index contributed by atoms with van der Waals surface area (Å²) in [5.41, 5.74) is 1.24. The van der Waals surface area contributed by atoms with Crippen molar-refractivity contribution in [1.82, 2.24) is 9.80 Å². The van der Waals surface area contributed by atoms with Gasteiger partial charge in [0.05, 0.1) is 7.11 Å². The van der Waals surface area contributed by atoms with Gasteiger partial charge in [0.15, 0.2) is 6.10 Å². The number of rotatable bonds is 4. The monoisotopic (exact) mass is 334 g/mol. The summed E-state index contributed by atoms with van der Waals surface area (Å²) in [6.07, 6.45) is -0.906. The van der Waals surface area contributed by atoms with Gasteiger partial charge in [0, 0.05) is 26.2 Å². The first-order chi connectivity index (χ1) is 11.4. The molecule has 0 saturated carbocycles. The number of nitrogens with zero attached hydrogens (tertiary/aromatic N) is 2. The predicted octanol–water partition coefficient (Wildman–Crippen LogP) is 2.49. The van der Waals surface area contributed by atoms with Gasteiger partial charge in [-0.2, -0.15) is 0 Å². The Kier molecular flexibility index (Phi) is 6.06. The van der Waals surface area contributed by atoms with E-state index in [1.54, 1.807) is 16.7 Å².